The minimum atomic E-state index is -0.610. The lowest BCUT2D eigenvalue weighted by Crippen LogP contribution is -2.15. The van der Waals surface area contributed by atoms with Crippen molar-refractivity contribution in [1.82, 2.24) is 15.0 Å². The monoisotopic (exact) mass is 296 g/mol. The first-order valence-corrected chi connectivity index (χ1v) is 6.06. The van der Waals surface area contributed by atoms with Gasteiger partial charge >= 0.3 is 6.01 Å². The SMILES string of the molecule is COc1nc(NN)nc(NCCc2cc(F)cc(F)c2)n1. The van der Waals surface area contributed by atoms with Gasteiger partial charge in [0.1, 0.15) is 11.6 Å². The highest BCUT2D eigenvalue weighted by atomic mass is 19.1. The van der Waals surface area contributed by atoms with Gasteiger partial charge in [-0.3, -0.25) is 5.43 Å². The zero-order valence-corrected chi connectivity index (χ0v) is 11.2. The highest BCUT2D eigenvalue weighted by molar-refractivity contribution is 5.35. The van der Waals surface area contributed by atoms with Crippen LogP contribution >= 0.6 is 0 Å². The number of nitrogens with one attached hydrogen (secondary N) is 2. The summed E-state index contributed by atoms with van der Waals surface area (Å²) in [6, 6.07) is 3.46. The van der Waals surface area contributed by atoms with Gasteiger partial charge in [0.25, 0.3) is 0 Å². The number of nitrogens with zero attached hydrogens (tertiary/aromatic N) is 3. The van der Waals surface area contributed by atoms with Crippen LogP contribution in [0.25, 0.3) is 0 Å². The molecule has 0 atom stereocenters. The van der Waals surface area contributed by atoms with Crippen molar-refractivity contribution in [3.63, 3.8) is 0 Å². The number of rotatable bonds is 6. The molecule has 0 amide bonds. The Morgan fingerprint density at radius 3 is 2.38 bits per heavy atom. The lowest BCUT2D eigenvalue weighted by atomic mass is 10.1. The molecule has 112 valence electrons. The van der Waals surface area contributed by atoms with Crippen molar-refractivity contribution in [2.45, 2.75) is 6.42 Å². The minimum Gasteiger partial charge on any atom is -0.467 e. The molecule has 0 radical (unpaired) electrons. The topological polar surface area (TPSA) is 98.0 Å². The number of methoxy groups -OCH3 is 1. The maximum Gasteiger partial charge on any atom is 0.322 e. The fourth-order valence-electron chi connectivity index (χ4n) is 1.67. The molecule has 0 aliphatic rings. The average Bonchev–Trinajstić information content (AvgIpc) is 2.45. The third kappa shape index (κ3) is 4.21. The Bertz CT molecular complexity index is 582. The lowest BCUT2D eigenvalue weighted by molar-refractivity contribution is 0.379. The van der Waals surface area contributed by atoms with Crippen LogP contribution < -0.4 is 21.3 Å². The zero-order valence-electron chi connectivity index (χ0n) is 11.2. The molecule has 0 aliphatic heterocycles. The molecule has 0 bridgehead atoms. The summed E-state index contributed by atoms with van der Waals surface area (Å²) in [6.07, 6.45) is 0.397. The standard InChI is InChI=1S/C12H14F2N6O/c1-21-12-18-10(17-11(19-12)20-15)16-3-2-7-4-8(13)6-9(14)5-7/h4-6H,2-3,15H2,1H3,(H2,16,17,18,19,20). The number of hydrogen-bond acceptors (Lipinski definition) is 7. The smallest absolute Gasteiger partial charge is 0.322 e. The van der Waals surface area contributed by atoms with Gasteiger partial charge in [0, 0.05) is 12.6 Å². The number of nitrogen functional groups attached to an aromatic ring is 1. The summed E-state index contributed by atoms with van der Waals surface area (Å²) in [6.45, 7) is 0.375. The summed E-state index contributed by atoms with van der Waals surface area (Å²) >= 11 is 0. The molecule has 0 aliphatic carbocycles. The summed E-state index contributed by atoms with van der Waals surface area (Å²) in [5.74, 6) is 4.39. The van der Waals surface area contributed by atoms with Crippen LogP contribution in [0, 0.1) is 11.6 Å². The van der Waals surface area contributed by atoms with E-state index in [9.17, 15) is 8.78 Å². The number of hydrogen-bond donors (Lipinski definition) is 3. The van der Waals surface area contributed by atoms with Crippen LogP contribution in [0.4, 0.5) is 20.7 Å². The van der Waals surface area contributed by atoms with E-state index in [0.717, 1.165) is 6.07 Å². The van der Waals surface area contributed by atoms with Crippen LogP contribution in [0.1, 0.15) is 5.56 Å². The van der Waals surface area contributed by atoms with E-state index in [0.29, 0.717) is 18.5 Å². The first kappa shape index (κ1) is 14.9. The molecular weight excluding hydrogens is 282 g/mol. The van der Waals surface area contributed by atoms with E-state index in [1.54, 1.807) is 0 Å². The van der Waals surface area contributed by atoms with Crippen LogP contribution in [-0.4, -0.2) is 28.6 Å². The molecule has 1 aromatic heterocycles. The molecule has 1 aromatic carbocycles. The van der Waals surface area contributed by atoms with Crippen molar-refractivity contribution in [1.29, 1.82) is 0 Å². The molecule has 0 fully saturated rings. The normalized spacial score (nSPS) is 10.3. The third-order valence-electron chi connectivity index (χ3n) is 2.55. The third-order valence-corrected chi connectivity index (χ3v) is 2.55. The highest BCUT2D eigenvalue weighted by Crippen LogP contribution is 2.11. The van der Waals surface area contributed by atoms with Crippen LogP contribution in [0.2, 0.25) is 0 Å². The van der Waals surface area contributed by atoms with Gasteiger partial charge in [-0.25, -0.2) is 14.6 Å². The largest absolute Gasteiger partial charge is 0.467 e. The molecule has 7 nitrogen and oxygen atoms in total. The first-order valence-electron chi connectivity index (χ1n) is 6.06. The van der Waals surface area contributed by atoms with E-state index >= 15 is 0 Å². The van der Waals surface area contributed by atoms with Crippen molar-refractivity contribution < 1.29 is 13.5 Å². The molecule has 1 heterocycles. The second-order valence-electron chi connectivity index (χ2n) is 4.07. The molecular formula is C12H14F2N6O. The van der Waals surface area contributed by atoms with E-state index < -0.39 is 11.6 Å². The van der Waals surface area contributed by atoms with Crippen molar-refractivity contribution in [3.05, 3.63) is 35.4 Å². The maximum atomic E-state index is 13.0. The van der Waals surface area contributed by atoms with Crippen molar-refractivity contribution in [3.8, 4) is 6.01 Å². The molecule has 9 heteroatoms. The van der Waals surface area contributed by atoms with E-state index in [1.165, 1.54) is 19.2 Å². The number of hydrazine groups is 1. The fraction of sp³-hybridized carbons (Fsp3) is 0.250. The first-order chi connectivity index (χ1) is 10.1. The van der Waals surface area contributed by atoms with Crippen molar-refractivity contribution in [2.24, 2.45) is 5.84 Å². The van der Waals surface area contributed by atoms with Gasteiger partial charge in [-0.15, -0.1) is 0 Å². The summed E-state index contributed by atoms with van der Waals surface area (Å²) in [4.78, 5) is 11.8. The lowest BCUT2D eigenvalue weighted by Gasteiger charge is -2.08. The van der Waals surface area contributed by atoms with E-state index in [2.05, 4.69) is 25.7 Å². The molecule has 21 heavy (non-hydrogen) atoms. The number of benzene rings is 1. The Kier molecular flexibility index (Phi) is 4.77. The highest BCUT2D eigenvalue weighted by Gasteiger charge is 2.06. The van der Waals surface area contributed by atoms with Gasteiger partial charge in [0.15, 0.2) is 0 Å². The quantitative estimate of drug-likeness (QED) is 0.542. The second kappa shape index (κ2) is 6.75. The van der Waals surface area contributed by atoms with Crippen LogP contribution in [0.3, 0.4) is 0 Å². The van der Waals surface area contributed by atoms with E-state index in [1.807, 2.05) is 0 Å². The average molecular weight is 296 g/mol. The van der Waals surface area contributed by atoms with Crippen LogP contribution in [0.5, 0.6) is 6.01 Å². The molecule has 4 N–H and O–H groups in total. The molecule has 0 spiro atoms. The fourth-order valence-corrected chi connectivity index (χ4v) is 1.67. The number of halogens is 2. The molecule has 2 rings (SSSR count). The van der Waals surface area contributed by atoms with Gasteiger partial charge in [-0.2, -0.15) is 15.0 Å². The summed E-state index contributed by atoms with van der Waals surface area (Å²) < 4.78 is 31.0. The summed E-state index contributed by atoms with van der Waals surface area (Å²) in [7, 11) is 1.41. The van der Waals surface area contributed by atoms with E-state index in [-0.39, 0.29) is 17.9 Å². The van der Waals surface area contributed by atoms with Crippen molar-refractivity contribution in [2.75, 3.05) is 24.4 Å². The van der Waals surface area contributed by atoms with Gasteiger partial charge in [-0.1, -0.05) is 0 Å². The Labute approximate surface area is 119 Å². The molecule has 2 aromatic rings. The van der Waals surface area contributed by atoms with Crippen molar-refractivity contribution >= 4 is 11.9 Å². The molecule has 0 saturated heterocycles. The number of nitrogens with two attached hydrogens (primary N) is 1. The Balaban J connectivity index is 1.99. The van der Waals surface area contributed by atoms with E-state index in [4.69, 9.17) is 10.6 Å². The summed E-state index contributed by atoms with van der Waals surface area (Å²) in [5.41, 5.74) is 2.81. The number of ether oxygens (including phenoxy) is 1. The van der Waals surface area contributed by atoms with Crippen LogP contribution in [-0.2, 0) is 6.42 Å². The maximum absolute atomic E-state index is 13.0. The number of aromatic nitrogens is 3. The Hall–Kier alpha value is -2.55. The summed E-state index contributed by atoms with van der Waals surface area (Å²) in [5, 5.41) is 2.90. The predicted molar refractivity (Wildman–Crippen MR) is 72.7 cm³/mol. The van der Waals surface area contributed by atoms with Gasteiger partial charge in [0.05, 0.1) is 7.11 Å². The van der Waals surface area contributed by atoms with Crippen LogP contribution in [0.15, 0.2) is 18.2 Å². The zero-order chi connectivity index (χ0) is 15.2. The Morgan fingerprint density at radius 2 is 1.76 bits per heavy atom. The Morgan fingerprint density at radius 1 is 1.10 bits per heavy atom. The molecule has 0 saturated carbocycles. The van der Waals surface area contributed by atoms with Gasteiger partial charge < -0.3 is 10.1 Å². The number of anilines is 2. The molecule has 0 unspecified atom stereocenters. The minimum absolute atomic E-state index is 0.0947. The predicted octanol–water partition coefficient (Wildman–Crippen LogP) is 1.10. The second-order valence-corrected chi connectivity index (χ2v) is 4.07. The van der Waals surface area contributed by atoms with Gasteiger partial charge in [0.2, 0.25) is 11.9 Å². The van der Waals surface area contributed by atoms with Gasteiger partial charge in [-0.05, 0) is 24.1 Å².